The summed E-state index contributed by atoms with van der Waals surface area (Å²) >= 11 is 0. The molecule has 0 bridgehead atoms. The average molecular weight is 408 g/mol. The average Bonchev–Trinajstić information content (AvgIpc) is 3.44. The zero-order valence-electron chi connectivity index (χ0n) is 16.5. The van der Waals surface area contributed by atoms with Gasteiger partial charge in [-0.05, 0) is 42.0 Å². The molecule has 0 unspecified atom stereocenters. The maximum atomic E-state index is 12.1. The molecular formula is C22H20N2O6. The number of hydrogen-bond donors (Lipinski definition) is 1. The van der Waals surface area contributed by atoms with E-state index in [1.807, 2.05) is 24.3 Å². The van der Waals surface area contributed by atoms with Crippen molar-refractivity contribution in [2.75, 3.05) is 21.0 Å². The van der Waals surface area contributed by atoms with Crippen LogP contribution in [0.4, 0.5) is 0 Å². The number of aromatic nitrogens is 1. The molecule has 0 radical (unpaired) electrons. The molecule has 1 N–H and O–H groups in total. The Labute approximate surface area is 173 Å². The molecule has 0 aliphatic carbocycles. The first-order valence-corrected chi connectivity index (χ1v) is 9.20. The van der Waals surface area contributed by atoms with Crippen LogP contribution in [0.5, 0.6) is 23.0 Å². The van der Waals surface area contributed by atoms with Gasteiger partial charge in [0.2, 0.25) is 12.7 Å². The molecule has 1 aromatic heterocycles. The largest absolute Gasteiger partial charge is 0.493 e. The summed E-state index contributed by atoms with van der Waals surface area (Å²) in [5.74, 6) is 2.92. The van der Waals surface area contributed by atoms with Crippen molar-refractivity contribution in [3.63, 3.8) is 0 Å². The predicted octanol–water partition coefficient (Wildman–Crippen LogP) is 3.42. The number of carbonyl (C=O) groups excluding carboxylic acids is 1. The summed E-state index contributed by atoms with van der Waals surface area (Å²) in [4.78, 5) is 12.1. The molecule has 0 atom stereocenters. The lowest BCUT2D eigenvalue weighted by atomic mass is 10.1. The molecule has 1 amide bonds. The van der Waals surface area contributed by atoms with Gasteiger partial charge in [0, 0.05) is 17.7 Å². The van der Waals surface area contributed by atoms with Gasteiger partial charge in [0.1, 0.15) is 5.69 Å². The first-order chi connectivity index (χ1) is 14.7. The maximum Gasteiger partial charge on any atom is 0.244 e. The van der Waals surface area contributed by atoms with Crippen molar-refractivity contribution >= 4 is 12.0 Å². The van der Waals surface area contributed by atoms with E-state index in [9.17, 15) is 4.79 Å². The molecule has 0 saturated carbocycles. The number of nitrogens with one attached hydrogen (secondary N) is 1. The molecule has 2 heterocycles. The number of nitrogens with zero attached hydrogens (tertiary/aromatic N) is 1. The van der Waals surface area contributed by atoms with Crippen LogP contribution in [0.1, 0.15) is 11.3 Å². The van der Waals surface area contributed by atoms with Crippen molar-refractivity contribution in [1.82, 2.24) is 10.5 Å². The lowest BCUT2D eigenvalue weighted by molar-refractivity contribution is -0.116. The van der Waals surface area contributed by atoms with Gasteiger partial charge >= 0.3 is 0 Å². The third-order valence-corrected chi connectivity index (χ3v) is 4.49. The Morgan fingerprint density at radius 3 is 2.73 bits per heavy atom. The van der Waals surface area contributed by atoms with Gasteiger partial charge in [-0.3, -0.25) is 4.79 Å². The van der Waals surface area contributed by atoms with Crippen LogP contribution in [0.15, 0.2) is 53.1 Å². The van der Waals surface area contributed by atoms with E-state index in [2.05, 4.69) is 10.5 Å². The third kappa shape index (κ3) is 4.22. The van der Waals surface area contributed by atoms with Crippen molar-refractivity contribution in [2.45, 2.75) is 6.54 Å². The molecule has 8 nitrogen and oxygen atoms in total. The molecule has 0 saturated heterocycles. The number of methoxy groups -OCH3 is 2. The van der Waals surface area contributed by atoms with Crippen molar-refractivity contribution in [2.24, 2.45) is 0 Å². The van der Waals surface area contributed by atoms with Gasteiger partial charge in [-0.2, -0.15) is 0 Å². The van der Waals surface area contributed by atoms with Crippen LogP contribution >= 0.6 is 0 Å². The summed E-state index contributed by atoms with van der Waals surface area (Å²) in [6.45, 7) is 0.451. The summed E-state index contributed by atoms with van der Waals surface area (Å²) in [5.41, 5.74) is 2.24. The van der Waals surface area contributed by atoms with E-state index in [1.165, 1.54) is 6.08 Å². The minimum Gasteiger partial charge on any atom is -0.493 e. The van der Waals surface area contributed by atoms with E-state index in [-0.39, 0.29) is 19.2 Å². The molecule has 4 rings (SSSR count). The molecule has 154 valence electrons. The Morgan fingerprint density at radius 1 is 1.07 bits per heavy atom. The van der Waals surface area contributed by atoms with Crippen molar-refractivity contribution in [3.05, 3.63) is 59.8 Å². The standard InChI is InChI=1S/C22H20N2O6/c1-26-17-6-3-14(9-20(17)27-2)4-8-22(25)23-12-16-11-19(30-24-16)15-5-7-18-21(10-15)29-13-28-18/h3-11H,12-13H2,1-2H3,(H,23,25). The van der Waals surface area contributed by atoms with Crippen LogP contribution in [-0.2, 0) is 11.3 Å². The SMILES string of the molecule is COc1ccc(C=CC(=O)NCc2cc(-c3ccc4c(c3)OCO4)on2)cc1OC. The number of carbonyl (C=O) groups is 1. The van der Waals surface area contributed by atoms with E-state index in [0.717, 1.165) is 11.1 Å². The number of hydrogen-bond acceptors (Lipinski definition) is 7. The number of amides is 1. The normalized spacial score (nSPS) is 12.2. The smallest absolute Gasteiger partial charge is 0.244 e. The highest BCUT2D eigenvalue weighted by atomic mass is 16.7. The lowest BCUT2D eigenvalue weighted by Crippen LogP contribution is -2.20. The van der Waals surface area contributed by atoms with Gasteiger partial charge in [-0.1, -0.05) is 11.2 Å². The fourth-order valence-electron chi connectivity index (χ4n) is 2.95. The van der Waals surface area contributed by atoms with Gasteiger partial charge in [0.25, 0.3) is 0 Å². The summed E-state index contributed by atoms with van der Waals surface area (Å²) in [5, 5.41) is 6.78. The highest BCUT2D eigenvalue weighted by Crippen LogP contribution is 2.36. The second-order valence-electron chi connectivity index (χ2n) is 6.42. The predicted molar refractivity (Wildman–Crippen MR) is 108 cm³/mol. The van der Waals surface area contributed by atoms with Crippen LogP contribution in [0, 0.1) is 0 Å². The van der Waals surface area contributed by atoms with Gasteiger partial charge in [-0.15, -0.1) is 0 Å². The Bertz CT molecular complexity index is 1090. The second-order valence-corrected chi connectivity index (χ2v) is 6.42. The van der Waals surface area contributed by atoms with Gasteiger partial charge in [-0.25, -0.2) is 0 Å². The summed E-state index contributed by atoms with van der Waals surface area (Å²) in [7, 11) is 3.14. The Kier molecular flexibility index (Phi) is 5.56. The fourth-order valence-corrected chi connectivity index (χ4v) is 2.95. The highest BCUT2D eigenvalue weighted by molar-refractivity contribution is 5.91. The molecule has 0 spiro atoms. The first-order valence-electron chi connectivity index (χ1n) is 9.20. The number of benzene rings is 2. The first kappa shape index (κ1) is 19.4. The molecular weight excluding hydrogens is 388 g/mol. The highest BCUT2D eigenvalue weighted by Gasteiger charge is 2.16. The zero-order chi connectivity index (χ0) is 20.9. The molecule has 30 heavy (non-hydrogen) atoms. The molecule has 1 aliphatic heterocycles. The van der Waals surface area contributed by atoms with Crippen LogP contribution in [0.3, 0.4) is 0 Å². The van der Waals surface area contributed by atoms with Crippen LogP contribution in [0.25, 0.3) is 17.4 Å². The minimum atomic E-state index is -0.252. The van der Waals surface area contributed by atoms with Crippen LogP contribution in [0.2, 0.25) is 0 Å². The molecule has 3 aromatic rings. The minimum absolute atomic E-state index is 0.212. The summed E-state index contributed by atoms with van der Waals surface area (Å²) < 4.78 is 26.5. The molecule has 0 fully saturated rings. The fraction of sp³-hybridized carbons (Fsp3) is 0.182. The monoisotopic (exact) mass is 408 g/mol. The van der Waals surface area contributed by atoms with Gasteiger partial charge < -0.3 is 28.8 Å². The van der Waals surface area contributed by atoms with E-state index in [4.69, 9.17) is 23.5 Å². The van der Waals surface area contributed by atoms with E-state index in [0.29, 0.717) is 34.5 Å². The van der Waals surface area contributed by atoms with Crippen molar-refractivity contribution < 1.29 is 28.3 Å². The van der Waals surface area contributed by atoms with E-state index in [1.54, 1.807) is 38.5 Å². The molecule has 1 aliphatic rings. The zero-order valence-corrected chi connectivity index (χ0v) is 16.5. The quantitative estimate of drug-likeness (QED) is 0.599. The Balaban J connectivity index is 1.35. The van der Waals surface area contributed by atoms with Gasteiger partial charge in [0.15, 0.2) is 28.8 Å². The van der Waals surface area contributed by atoms with Crippen LogP contribution < -0.4 is 24.3 Å². The van der Waals surface area contributed by atoms with E-state index >= 15 is 0 Å². The lowest BCUT2D eigenvalue weighted by Gasteiger charge is -2.07. The van der Waals surface area contributed by atoms with E-state index < -0.39 is 0 Å². The topological polar surface area (TPSA) is 92.1 Å². The molecule has 8 heteroatoms. The number of ether oxygens (including phenoxy) is 4. The number of rotatable bonds is 7. The summed E-state index contributed by atoms with van der Waals surface area (Å²) in [6, 6.07) is 12.7. The maximum absolute atomic E-state index is 12.1. The Morgan fingerprint density at radius 2 is 1.90 bits per heavy atom. The van der Waals surface area contributed by atoms with Crippen molar-refractivity contribution in [3.8, 4) is 34.3 Å². The van der Waals surface area contributed by atoms with Gasteiger partial charge in [0.05, 0.1) is 20.8 Å². The summed E-state index contributed by atoms with van der Waals surface area (Å²) in [6.07, 6.45) is 3.14. The van der Waals surface area contributed by atoms with Crippen molar-refractivity contribution in [1.29, 1.82) is 0 Å². The number of fused-ring (bicyclic) bond motifs is 1. The third-order valence-electron chi connectivity index (χ3n) is 4.49. The second kappa shape index (κ2) is 8.60. The molecule has 2 aromatic carbocycles. The van der Waals surface area contributed by atoms with Crippen LogP contribution in [-0.4, -0.2) is 32.1 Å². The Hall–Kier alpha value is -3.94.